The Morgan fingerprint density at radius 1 is 1.19 bits per heavy atom. The highest BCUT2D eigenvalue weighted by atomic mass is 16.1. The zero-order valence-electron chi connectivity index (χ0n) is 15.6. The van der Waals surface area contributed by atoms with Crippen LogP contribution in [0.25, 0.3) is 11.4 Å². The molecule has 138 valence electrons. The fourth-order valence-corrected chi connectivity index (χ4v) is 3.80. The molecule has 5 heteroatoms. The Morgan fingerprint density at radius 2 is 2.11 bits per heavy atom. The Morgan fingerprint density at radius 3 is 2.93 bits per heavy atom. The van der Waals surface area contributed by atoms with Gasteiger partial charge in [0.15, 0.2) is 0 Å². The number of nitrogens with zero attached hydrogens (tertiary/aromatic N) is 3. The van der Waals surface area contributed by atoms with Gasteiger partial charge >= 0.3 is 0 Å². The number of aryl methyl sites for hydroxylation is 1. The van der Waals surface area contributed by atoms with Gasteiger partial charge in [-0.15, -0.1) is 0 Å². The second kappa shape index (κ2) is 7.84. The Bertz CT molecular complexity index is 967. The van der Waals surface area contributed by atoms with Crippen LogP contribution in [0, 0.1) is 0 Å². The molecule has 4 rings (SSSR count). The second-order valence-corrected chi connectivity index (χ2v) is 7.02. The van der Waals surface area contributed by atoms with Crippen molar-refractivity contribution in [2.24, 2.45) is 0 Å². The van der Waals surface area contributed by atoms with Crippen molar-refractivity contribution < 1.29 is 0 Å². The number of aromatic amines is 1. The van der Waals surface area contributed by atoms with E-state index in [0.29, 0.717) is 11.9 Å². The summed E-state index contributed by atoms with van der Waals surface area (Å²) in [5.74, 6) is 0.642. The molecule has 0 saturated carbocycles. The van der Waals surface area contributed by atoms with E-state index >= 15 is 0 Å². The number of H-pyrrole nitrogens is 1. The predicted molar refractivity (Wildman–Crippen MR) is 106 cm³/mol. The lowest BCUT2D eigenvalue weighted by atomic mass is 10.1. The predicted octanol–water partition coefficient (Wildman–Crippen LogP) is 3.73. The molecule has 1 fully saturated rings. The Hall–Kier alpha value is -2.79. The standard InChI is InChI=1S/C22H24N4O/c1-2-18-14-21(27)25-22(24-18)17-8-5-7-16(13-17)15-26-12-6-10-20(26)19-9-3-4-11-23-19/h3-5,7-9,11,13-14,20H,2,6,10,12,15H2,1H3,(H,24,25,27)/t20-/m0/s1. The fraction of sp³-hybridized carbons (Fsp3) is 0.318. The van der Waals surface area contributed by atoms with Crippen molar-refractivity contribution >= 4 is 0 Å². The first-order valence-electron chi connectivity index (χ1n) is 9.57. The summed E-state index contributed by atoms with van der Waals surface area (Å²) in [6.45, 7) is 3.95. The Labute approximate surface area is 159 Å². The monoisotopic (exact) mass is 360 g/mol. The number of aromatic nitrogens is 3. The molecule has 3 heterocycles. The van der Waals surface area contributed by atoms with Crippen LogP contribution in [0.1, 0.15) is 42.8 Å². The first kappa shape index (κ1) is 17.6. The van der Waals surface area contributed by atoms with Crippen molar-refractivity contribution in [3.8, 4) is 11.4 Å². The van der Waals surface area contributed by atoms with E-state index in [2.05, 4.69) is 44.1 Å². The molecule has 0 radical (unpaired) electrons. The van der Waals surface area contributed by atoms with Crippen molar-refractivity contribution in [1.29, 1.82) is 0 Å². The lowest BCUT2D eigenvalue weighted by Gasteiger charge is -2.24. The molecule has 0 spiro atoms. The summed E-state index contributed by atoms with van der Waals surface area (Å²) in [6.07, 6.45) is 4.95. The molecular formula is C22H24N4O. The van der Waals surface area contributed by atoms with E-state index in [4.69, 9.17) is 0 Å². The highest BCUT2D eigenvalue weighted by molar-refractivity contribution is 5.56. The van der Waals surface area contributed by atoms with Crippen LogP contribution in [0.15, 0.2) is 59.5 Å². The third-order valence-corrected chi connectivity index (χ3v) is 5.14. The minimum Gasteiger partial charge on any atom is -0.307 e. The summed E-state index contributed by atoms with van der Waals surface area (Å²) in [6, 6.07) is 16.4. The van der Waals surface area contributed by atoms with E-state index in [1.807, 2.05) is 31.3 Å². The van der Waals surface area contributed by atoms with Gasteiger partial charge in [-0.05, 0) is 49.6 Å². The van der Waals surface area contributed by atoms with Crippen molar-refractivity contribution in [2.75, 3.05) is 6.54 Å². The molecule has 5 nitrogen and oxygen atoms in total. The molecular weight excluding hydrogens is 336 g/mol. The topological polar surface area (TPSA) is 61.9 Å². The van der Waals surface area contributed by atoms with Gasteiger partial charge < -0.3 is 4.98 Å². The number of benzene rings is 1. The Kier molecular flexibility index (Phi) is 5.12. The highest BCUT2D eigenvalue weighted by Crippen LogP contribution is 2.32. The molecule has 1 saturated heterocycles. The minimum atomic E-state index is -0.1000. The normalized spacial score (nSPS) is 17.3. The smallest absolute Gasteiger partial charge is 0.251 e. The van der Waals surface area contributed by atoms with E-state index in [9.17, 15) is 4.79 Å². The number of rotatable bonds is 5. The molecule has 0 unspecified atom stereocenters. The molecule has 0 aliphatic carbocycles. The van der Waals surface area contributed by atoms with Crippen molar-refractivity contribution in [3.05, 3.63) is 82.0 Å². The quantitative estimate of drug-likeness (QED) is 0.753. The molecule has 3 aromatic rings. The first-order valence-corrected chi connectivity index (χ1v) is 9.57. The minimum absolute atomic E-state index is 0.1000. The summed E-state index contributed by atoms with van der Waals surface area (Å²) < 4.78 is 0. The molecule has 27 heavy (non-hydrogen) atoms. The maximum absolute atomic E-state index is 11.9. The molecule has 0 bridgehead atoms. The summed E-state index contributed by atoms with van der Waals surface area (Å²) in [5, 5.41) is 0. The number of hydrogen-bond donors (Lipinski definition) is 1. The summed E-state index contributed by atoms with van der Waals surface area (Å²) in [5.41, 5.74) is 4.03. The van der Waals surface area contributed by atoms with E-state index in [1.54, 1.807) is 6.07 Å². The fourth-order valence-electron chi connectivity index (χ4n) is 3.80. The van der Waals surface area contributed by atoms with Crippen LogP contribution < -0.4 is 5.56 Å². The first-order chi connectivity index (χ1) is 13.2. The molecule has 1 aliphatic heterocycles. The third kappa shape index (κ3) is 3.98. The average Bonchev–Trinajstić information content (AvgIpc) is 3.16. The van der Waals surface area contributed by atoms with Gasteiger partial charge in [0.1, 0.15) is 5.82 Å². The maximum atomic E-state index is 11.9. The number of likely N-dealkylation sites (tertiary alicyclic amines) is 1. The van der Waals surface area contributed by atoms with Gasteiger partial charge in [-0.3, -0.25) is 14.7 Å². The lowest BCUT2D eigenvalue weighted by Crippen LogP contribution is -2.23. The zero-order valence-corrected chi connectivity index (χ0v) is 15.6. The average molecular weight is 360 g/mol. The van der Waals surface area contributed by atoms with Gasteiger partial charge in [0, 0.05) is 30.1 Å². The summed E-state index contributed by atoms with van der Waals surface area (Å²) >= 11 is 0. The van der Waals surface area contributed by atoms with Crippen LogP contribution >= 0.6 is 0 Å². The molecule has 1 aromatic carbocycles. The van der Waals surface area contributed by atoms with Crippen LogP contribution in [0.4, 0.5) is 0 Å². The van der Waals surface area contributed by atoms with E-state index in [0.717, 1.165) is 42.9 Å². The number of nitrogens with one attached hydrogen (secondary N) is 1. The van der Waals surface area contributed by atoms with Gasteiger partial charge in [-0.2, -0.15) is 0 Å². The largest absolute Gasteiger partial charge is 0.307 e. The van der Waals surface area contributed by atoms with Gasteiger partial charge in [0.2, 0.25) is 0 Å². The Balaban J connectivity index is 1.58. The molecule has 1 atom stereocenters. The van der Waals surface area contributed by atoms with Gasteiger partial charge in [-0.1, -0.05) is 31.2 Å². The van der Waals surface area contributed by atoms with Crippen molar-refractivity contribution in [3.63, 3.8) is 0 Å². The lowest BCUT2D eigenvalue weighted by molar-refractivity contribution is 0.244. The second-order valence-electron chi connectivity index (χ2n) is 7.02. The zero-order chi connectivity index (χ0) is 18.6. The van der Waals surface area contributed by atoms with Crippen LogP contribution in [0.2, 0.25) is 0 Å². The molecule has 1 N–H and O–H groups in total. The van der Waals surface area contributed by atoms with E-state index in [1.165, 1.54) is 12.0 Å². The van der Waals surface area contributed by atoms with Crippen LogP contribution in [0.5, 0.6) is 0 Å². The van der Waals surface area contributed by atoms with Gasteiger partial charge in [-0.25, -0.2) is 4.98 Å². The maximum Gasteiger partial charge on any atom is 0.251 e. The highest BCUT2D eigenvalue weighted by Gasteiger charge is 2.26. The summed E-state index contributed by atoms with van der Waals surface area (Å²) in [7, 11) is 0. The third-order valence-electron chi connectivity index (χ3n) is 5.14. The van der Waals surface area contributed by atoms with Crippen molar-refractivity contribution in [1.82, 2.24) is 19.9 Å². The number of pyridine rings is 1. The van der Waals surface area contributed by atoms with E-state index in [-0.39, 0.29) is 5.56 Å². The number of hydrogen-bond acceptors (Lipinski definition) is 4. The van der Waals surface area contributed by atoms with Gasteiger partial charge in [0.25, 0.3) is 5.56 Å². The molecule has 0 amide bonds. The van der Waals surface area contributed by atoms with Crippen LogP contribution in [0.3, 0.4) is 0 Å². The van der Waals surface area contributed by atoms with Crippen LogP contribution in [-0.4, -0.2) is 26.4 Å². The molecule has 2 aromatic heterocycles. The molecule has 1 aliphatic rings. The van der Waals surface area contributed by atoms with Crippen LogP contribution in [-0.2, 0) is 13.0 Å². The van der Waals surface area contributed by atoms with Crippen molar-refractivity contribution in [2.45, 2.75) is 38.8 Å². The SMILES string of the molecule is CCc1cc(=O)[nH]c(-c2cccc(CN3CCC[C@H]3c3ccccn3)c2)n1. The van der Waals surface area contributed by atoms with E-state index < -0.39 is 0 Å². The van der Waals surface area contributed by atoms with Gasteiger partial charge in [0.05, 0.1) is 11.7 Å². The summed E-state index contributed by atoms with van der Waals surface area (Å²) in [4.78, 5) is 26.4.